The molecule has 7 heteroatoms. The number of hydrogen-bond acceptors (Lipinski definition) is 4. The van der Waals surface area contributed by atoms with Crippen LogP contribution in [0.15, 0.2) is 24.5 Å². The van der Waals surface area contributed by atoms with E-state index < -0.39 is 0 Å². The van der Waals surface area contributed by atoms with Crippen LogP contribution in [0.2, 0.25) is 0 Å². The van der Waals surface area contributed by atoms with E-state index in [9.17, 15) is 9.59 Å². The third-order valence-corrected chi connectivity index (χ3v) is 5.19. The fraction of sp³-hybridized carbons (Fsp3) is 0.529. The van der Waals surface area contributed by atoms with Crippen molar-refractivity contribution in [2.24, 2.45) is 5.92 Å². The second-order valence-electron chi connectivity index (χ2n) is 6.76. The molecule has 0 N–H and O–H groups in total. The SMILES string of the molecule is CN1C[C@@H](C(=O)N2CCC(c3ccn4nccc4n3)CC2)CC1=O. The van der Waals surface area contributed by atoms with Crippen molar-refractivity contribution in [1.29, 1.82) is 0 Å². The molecule has 24 heavy (non-hydrogen) atoms. The molecule has 0 saturated carbocycles. The molecule has 0 bridgehead atoms. The second-order valence-corrected chi connectivity index (χ2v) is 6.76. The Morgan fingerprint density at radius 3 is 2.75 bits per heavy atom. The number of carbonyl (C=O) groups excluding carboxylic acids is 2. The van der Waals surface area contributed by atoms with E-state index in [1.807, 2.05) is 23.2 Å². The third kappa shape index (κ3) is 2.64. The van der Waals surface area contributed by atoms with Crippen LogP contribution < -0.4 is 0 Å². The monoisotopic (exact) mass is 327 g/mol. The third-order valence-electron chi connectivity index (χ3n) is 5.19. The summed E-state index contributed by atoms with van der Waals surface area (Å²) in [6, 6.07) is 3.92. The van der Waals surface area contributed by atoms with Crippen molar-refractivity contribution in [1.82, 2.24) is 24.4 Å². The van der Waals surface area contributed by atoms with E-state index in [1.54, 1.807) is 22.7 Å². The van der Waals surface area contributed by atoms with Gasteiger partial charge in [-0.3, -0.25) is 9.59 Å². The van der Waals surface area contributed by atoms with Gasteiger partial charge in [0.2, 0.25) is 11.8 Å². The highest BCUT2D eigenvalue weighted by Crippen LogP contribution is 2.29. The molecule has 1 atom stereocenters. The smallest absolute Gasteiger partial charge is 0.227 e. The summed E-state index contributed by atoms with van der Waals surface area (Å²) < 4.78 is 1.76. The molecule has 2 aromatic rings. The minimum absolute atomic E-state index is 0.0709. The van der Waals surface area contributed by atoms with Crippen molar-refractivity contribution in [2.45, 2.75) is 25.2 Å². The number of nitrogens with zero attached hydrogens (tertiary/aromatic N) is 5. The topological polar surface area (TPSA) is 70.8 Å². The van der Waals surface area contributed by atoms with Crippen molar-refractivity contribution in [3.63, 3.8) is 0 Å². The molecule has 0 aromatic carbocycles. The summed E-state index contributed by atoms with van der Waals surface area (Å²) in [6.45, 7) is 2.03. The Hall–Kier alpha value is -2.44. The summed E-state index contributed by atoms with van der Waals surface area (Å²) in [5.41, 5.74) is 1.93. The average Bonchev–Trinajstić information content (AvgIpc) is 3.20. The first-order valence-corrected chi connectivity index (χ1v) is 8.45. The molecule has 2 aliphatic heterocycles. The summed E-state index contributed by atoms with van der Waals surface area (Å²) in [4.78, 5) is 32.5. The first kappa shape index (κ1) is 15.1. The van der Waals surface area contributed by atoms with Gasteiger partial charge in [-0.1, -0.05) is 0 Å². The van der Waals surface area contributed by atoms with Gasteiger partial charge < -0.3 is 9.80 Å². The van der Waals surface area contributed by atoms with Gasteiger partial charge in [-0.25, -0.2) is 9.50 Å². The molecule has 4 heterocycles. The van der Waals surface area contributed by atoms with E-state index in [-0.39, 0.29) is 17.7 Å². The molecule has 7 nitrogen and oxygen atoms in total. The number of hydrogen-bond donors (Lipinski definition) is 0. The van der Waals surface area contributed by atoms with E-state index in [1.165, 1.54) is 0 Å². The van der Waals surface area contributed by atoms with Crippen LogP contribution in [0, 0.1) is 5.92 Å². The second kappa shape index (κ2) is 5.89. The van der Waals surface area contributed by atoms with Crippen LogP contribution in [0.3, 0.4) is 0 Å². The normalized spacial score (nSPS) is 22.5. The van der Waals surface area contributed by atoms with Gasteiger partial charge in [-0.15, -0.1) is 0 Å². The Morgan fingerprint density at radius 2 is 2.04 bits per heavy atom. The highest BCUT2D eigenvalue weighted by molar-refractivity contribution is 5.89. The standard InChI is InChI=1S/C17H21N5O2/c1-20-11-13(10-16(20)23)17(24)21-7-3-12(4-8-21)14-5-9-22-15(19-14)2-6-18-22/h2,5-6,9,12-13H,3-4,7-8,10-11H2,1H3/t13-/m0/s1. The van der Waals surface area contributed by atoms with Gasteiger partial charge in [0, 0.05) is 57.0 Å². The first-order valence-electron chi connectivity index (χ1n) is 8.45. The predicted octanol–water partition coefficient (Wildman–Crippen LogP) is 0.914. The Bertz CT molecular complexity index is 778. The lowest BCUT2D eigenvalue weighted by atomic mass is 9.92. The lowest BCUT2D eigenvalue weighted by Crippen LogP contribution is -2.42. The zero-order valence-electron chi connectivity index (χ0n) is 13.8. The highest BCUT2D eigenvalue weighted by atomic mass is 16.2. The summed E-state index contributed by atoms with van der Waals surface area (Å²) in [6.07, 6.45) is 5.87. The quantitative estimate of drug-likeness (QED) is 0.822. The molecular weight excluding hydrogens is 306 g/mol. The van der Waals surface area contributed by atoms with Crippen LogP contribution in [0.25, 0.3) is 5.65 Å². The minimum Gasteiger partial charge on any atom is -0.345 e. The molecule has 0 spiro atoms. The maximum atomic E-state index is 12.6. The summed E-state index contributed by atoms with van der Waals surface area (Å²) in [5, 5.41) is 4.17. The van der Waals surface area contributed by atoms with Crippen molar-refractivity contribution in [3.05, 3.63) is 30.2 Å². The van der Waals surface area contributed by atoms with Gasteiger partial charge in [0.15, 0.2) is 5.65 Å². The van der Waals surface area contributed by atoms with E-state index >= 15 is 0 Å². The molecular formula is C17H21N5O2. The van der Waals surface area contributed by atoms with Crippen molar-refractivity contribution >= 4 is 17.5 Å². The number of carbonyl (C=O) groups is 2. The molecule has 2 aromatic heterocycles. The van der Waals surface area contributed by atoms with E-state index in [4.69, 9.17) is 0 Å². The molecule has 0 aliphatic carbocycles. The van der Waals surface area contributed by atoms with Gasteiger partial charge in [0.1, 0.15) is 0 Å². The maximum absolute atomic E-state index is 12.6. The lowest BCUT2D eigenvalue weighted by molar-refractivity contribution is -0.136. The molecule has 4 rings (SSSR count). The largest absolute Gasteiger partial charge is 0.345 e. The van der Waals surface area contributed by atoms with Crippen LogP contribution >= 0.6 is 0 Å². The van der Waals surface area contributed by atoms with Gasteiger partial charge in [-0.2, -0.15) is 5.10 Å². The minimum atomic E-state index is -0.166. The fourth-order valence-corrected chi connectivity index (χ4v) is 3.74. The lowest BCUT2D eigenvalue weighted by Gasteiger charge is -2.33. The molecule has 0 unspecified atom stereocenters. The Balaban J connectivity index is 1.39. The van der Waals surface area contributed by atoms with Gasteiger partial charge in [0.05, 0.1) is 12.1 Å². The first-order chi connectivity index (χ1) is 11.6. The number of amides is 2. The Kier molecular flexibility index (Phi) is 3.70. The number of piperidine rings is 1. The van der Waals surface area contributed by atoms with Crippen LogP contribution in [0.4, 0.5) is 0 Å². The molecule has 2 aliphatic rings. The van der Waals surface area contributed by atoms with Gasteiger partial charge in [0.25, 0.3) is 0 Å². The van der Waals surface area contributed by atoms with Gasteiger partial charge >= 0.3 is 0 Å². The van der Waals surface area contributed by atoms with Gasteiger partial charge in [-0.05, 0) is 18.9 Å². The average molecular weight is 327 g/mol. The molecule has 2 amide bonds. The summed E-state index contributed by atoms with van der Waals surface area (Å²) in [7, 11) is 1.76. The molecule has 126 valence electrons. The summed E-state index contributed by atoms with van der Waals surface area (Å²) >= 11 is 0. The molecule has 0 radical (unpaired) electrons. The Morgan fingerprint density at radius 1 is 1.25 bits per heavy atom. The van der Waals surface area contributed by atoms with Crippen LogP contribution in [0.5, 0.6) is 0 Å². The van der Waals surface area contributed by atoms with Crippen molar-refractivity contribution in [3.8, 4) is 0 Å². The Labute approximate surface area is 140 Å². The van der Waals surface area contributed by atoms with Crippen molar-refractivity contribution in [2.75, 3.05) is 26.7 Å². The number of rotatable bonds is 2. The fourth-order valence-electron chi connectivity index (χ4n) is 3.74. The van der Waals surface area contributed by atoms with Crippen LogP contribution in [0.1, 0.15) is 30.9 Å². The van der Waals surface area contributed by atoms with E-state index in [2.05, 4.69) is 10.1 Å². The zero-order valence-corrected chi connectivity index (χ0v) is 13.8. The number of likely N-dealkylation sites (tertiary alicyclic amines) is 2. The zero-order chi connectivity index (χ0) is 16.7. The molecule has 2 saturated heterocycles. The predicted molar refractivity (Wildman–Crippen MR) is 87.3 cm³/mol. The van der Waals surface area contributed by atoms with Crippen LogP contribution in [-0.2, 0) is 9.59 Å². The molecule has 2 fully saturated rings. The van der Waals surface area contributed by atoms with E-state index in [0.29, 0.717) is 18.9 Å². The number of aromatic nitrogens is 3. The number of fused-ring (bicyclic) bond motifs is 1. The van der Waals surface area contributed by atoms with Crippen LogP contribution in [-0.4, -0.2) is 62.9 Å². The highest BCUT2D eigenvalue weighted by Gasteiger charge is 2.36. The summed E-state index contributed by atoms with van der Waals surface area (Å²) in [5.74, 6) is 0.411. The maximum Gasteiger partial charge on any atom is 0.227 e. The van der Waals surface area contributed by atoms with E-state index in [0.717, 1.165) is 37.3 Å². The van der Waals surface area contributed by atoms with Crippen molar-refractivity contribution < 1.29 is 9.59 Å².